The van der Waals surface area contributed by atoms with Gasteiger partial charge in [-0.2, -0.15) is 0 Å². The average Bonchev–Trinajstić information content (AvgIpc) is 2.79. The minimum Gasteiger partial charge on any atom is -0.480 e. The number of nitrogens with one attached hydrogen (secondary N) is 2. The Balaban J connectivity index is 2.17. The van der Waals surface area contributed by atoms with Crippen molar-refractivity contribution >= 4 is 22.8 Å². The molecule has 0 atom stereocenters. The largest absolute Gasteiger partial charge is 0.480 e. The number of carboxylic acids is 1. The lowest BCUT2D eigenvalue weighted by Crippen LogP contribution is -2.30. The van der Waals surface area contributed by atoms with Crippen molar-refractivity contribution in [3.63, 3.8) is 0 Å². The molecule has 100 valence electrons. The predicted octanol–water partition coefficient (Wildman–Crippen LogP) is 1.47. The van der Waals surface area contributed by atoms with Gasteiger partial charge in [0.2, 0.25) is 5.91 Å². The molecule has 19 heavy (non-hydrogen) atoms. The zero-order valence-corrected chi connectivity index (χ0v) is 10.7. The van der Waals surface area contributed by atoms with Gasteiger partial charge in [0.25, 0.3) is 0 Å². The summed E-state index contributed by atoms with van der Waals surface area (Å²) >= 11 is 0. The maximum Gasteiger partial charge on any atom is 0.322 e. The van der Waals surface area contributed by atoms with E-state index in [-0.39, 0.29) is 18.9 Å². The number of benzene rings is 1. The molecule has 1 aromatic carbocycles. The highest BCUT2D eigenvalue weighted by Crippen LogP contribution is 2.22. The number of fused-ring (bicyclic) bond motifs is 1. The summed E-state index contributed by atoms with van der Waals surface area (Å²) in [5.74, 6) is -1.33. The van der Waals surface area contributed by atoms with E-state index in [9.17, 15) is 9.59 Å². The third-order valence-electron chi connectivity index (χ3n) is 3.06. The van der Waals surface area contributed by atoms with Crippen LogP contribution >= 0.6 is 0 Å². The van der Waals surface area contributed by atoms with E-state index in [0.29, 0.717) is 0 Å². The van der Waals surface area contributed by atoms with Crippen molar-refractivity contribution in [1.82, 2.24) is 10.3 Å². The van der Waals surface area contributed by atoms with Gasteiger partial charge in [0.15, 0.2) is 0 Å². The number of carbonyl (C=O) groups excluding carboxylic acids is 1. The number of rotatable bonds is 5. The number of carbonyl (C=O) groups is 2. The van der Waals surface area contributed by atoms with Gasteiger partial charge < -0.3 is 15.4 Å². The lowest BCUT2D eigenvalue weighted by atomic mass is 10.1. The van der Waals surface area contributed by atoms with E-state index in [0.717, 1.165) is 22.9 Å². The Morgan fingerprint density at radius 3 is 2.79 bits per heavy atom. The van der Waals surface area contributed by atoms with Crippen LogP contribution in [0.4, 0.5) is 0 Å². The van der Waals surface area contributed by atoms with Gasteiger partial charge in [-0.1, -0.05) is 25.1 Å². The number of aromatic amines is 1. The molecular formula is C14H16N2O3. The van der Waals surface area contributed by atoms with Crippen molar-refractivity contribution in [2.75, 3.05) is 6.54 Å². The molecule has 5 heteroatoms. The highest BCUT2D eigenvalue weighted by Gasteiger charge is 2.10. The number of carboxylic acid groups (broad SMARTS) is 1. The molecule has 1 heterocycles. The normalized spacial score (nSPS) is 10.6. The molecule has 0 aliphatic heterocycles. The molecule has 0 radical (unpaired) electrons. The number of aryl methyl sites for hydroxylation is 1. The summed E-state index contributed by atoms with van der Waals surface area (Å²) in [5, 5.41) is 11.9. The van der Waals surface area contributed by atoms with Gasteiger partial charge in [0, 0.05) is 17.1 Å². The second-order valence-corrected chi connectivity index (χ2v) is 4.35. The van der Waals surface area contributed by atoms with Crippen molar-refractivity contribution in [2.24, 2.45) is 0 Å². The maximum absolute atomic E-state index is 11.6. The Hall–Kier alpha value is -2.30. The molecule has 0 spiro atoms. The van der Waals surface area contributed by atoms with E-state index in [1.54, 1.807) is 0 Å². The van der Waals surface area contributed by atoms with E-state index in [4.69, 9.17) is 5.11 Å². The van der Waals surface area contributed by atoms with Crippen LogP contribution in [0.3, 0.4) is 0 Å². The number of H-pyrrole nitrogens is 1. The van der Waals surface area contributed by atoms with Crippen LogP contribution in [0.15, 0.2) is 24.4 Å². The van der Waals surface area contributed by atoms with Crippen LogP contribution in [0.25, 0.3) is 10.9 Å². The topological polar surface area (TPSA) is 82.2 Å². The summed E-state index contributed by atoms with van der Waals surface area (Å²) in [4.78, 5) is 25.2. The summed E-state index contributed by atoms with van der Waals surface area (Å²) in [7, 11) is 0. The van der Waals surface area contributed by atoms with Crippen LogP contribution in [-0.4, -0.2) is 28.5 Å². The Morgan fingerprint density at radius 2 is 2.11 bits per heavy atom. The third-order valence-corrected chi connectivity index (χ3v) is 3.06. The van der Waals surface area contributed by atoms with Crippen LogP contribution < -0.4 is 5.32 Å². The van der Waals surface area contributed by atoms with Gasteiger partial charge in [-0.3, -0.25) is 9.59 Å². The third kappa shape index (κ3) is 2.93. The van der Waals surface area contributed by atoms with Crippen LogP contribution in [0, 0.1) is 0 Å². The molecule has 0 saturated carbocycles. The molecular weight excluding hydrogens is 244 g/mol. The Labute approximate surface area is 110 Å². The lowest BCUT2D eigenvalue weighted by molar-refractivity contribution is -0.137. The average molecular weight is 260 g/mol. The highest BCUT2D eigenvalue weighted by molar-refractivity contribution is 5.91. The standard InChI is InChI=1S/C14H16N2O3/c1-2-9-4-3-5-11-10(7-16-14(9)11)6-12(17)15-8-13(18)19/h3-5,7,16H,2,6,8H2,1H3,(H,15,17)(H,18,19). The summed E-state index contributed by atoms with van der Waals surface area (Å²) in [6.07, 6.45) is 2.91. The smallest absolute Gasteiger partial charge is 0.322 e. The Morgan fingerprint density at radius 1 is 1.32 bits per heavy atom. The summed E-state index contributed by atoms with van der Waals surface area (Å²) in [5.41, 5.74) is 3.13. The molecule has 0 saturated heterocycles. The van der Waals surface area contributed by atoms with E-state index in [1.165, 1.54) is 5.56 Å². The fourth-order valence-electron chi connectivity index (χ4n) is 2.13. The zero-order chi connectivity index (χ0) is 13.8. The molecule has 0 aliphatic carbocycles. The molecule has 1 aromatic heterocycles. The van der Waals surface area contributed by atoms with Crippen molar-refractivity contribution in [1.29, 1.82) is 0 Å². The lowest BCUT2D eigenvalue weighted by Gasteiger charge is -2.02. The maximum atomic E-state index is 11.6. The van der Waals surface area contributed by atoms with Crippen LogP contribution in [0.5, 0.6) is 0 Å². The van der Waals surface area contributed by atoms with Crippen molar-refractivity contribution in [3.05, 3.63) is 35.5 Å². The van der Waals surface area contributed by atoms with Gasteiger partial charge >= 0.3 is 5.97 Å². The predicted molar refractivity (Wildman–Crippen MR) is 72.0 cm³/mol. The summed E-state index contributed by atoms with van der Waals surface area (Å²) in [6.45, 7) is 1.73. The second-order valence-electron chi connectivity index (χ2n) is 4.35. The van der Waals surface area contributed by atoms with Crippen molar-refractivity contribution < 1.29 is 14.7 Å². The molecule has 0 unspecified atom stereocenters. The van der Waals surface area contributed by atoms with Gasteiger partial charge in [-0.25, -0.2) is 0 Å². The molecule has 2 aromatic rings. The van der Waals surface area contributed by atoms with Gasteiger partial charge in [-0.05, 0) is 17.5 Å². The fraction of sp³-hybridized carbons (Fsp3) is 0.286. The molecule has 1 amide bonds. The molecule has 2 rings (SSSR count). The zero-order valence-electron chi connectivity index (χ0n) is 10.7. The molecule has 3 N–H and O–H groups in total. The van der Waals surface area contributed by atoms with Crippen LogP contribution in [-0.2, 0) is 22.4 Å². The number of amides is 1. The Bertz CT molecular complexity index is 616. The first-order valence-electron chi connectivity index (χ1n) is 6.18. The number of hydrogen-bond donors (Lipinski definition) is 3. The molecule has 0 aliphatic rings. The van der Waals surface area contributed by atoms with Crippen molar-refractivity contribution in [3.8, 4) is 0 Å². The van der Waals surface area contributed by atoms with Gasteiger partial charge in [0.1, 0.15) is 6.54 Å². The first-order chi connectivity index (χ1) is 9.11. The number of aliphatic carboxylic acids is 1. The van der Waals surface area contributed by atoms with E-state index in [2.05, 4.69) is 17.2 Å². The SMILES string of the molecule is CCc1cccc2c(CC(=O)NCC(=O)O)c[nH]c12. The van der Waals surface area contributed by atoms with E-state index >= 15 is 0 Å². The Kier molecular flexibility index (Phi) is 3.85. The highest BCUT2D eigenvalue weighted by atomic mass is 16.4. The number of para-hydroxylation sites is 1. The number of hydrogen-bond acceptors (Lipinski definition) is 2. The molecule has 0 fully saturated rings. The van der Waals surface area contributed by atoms with E-state index in [1.807, 2.05) is 24.4 Å². The quantitative estimate of drug-likeness (QED) is 0.761. The first kappa shape index (κ1) is 13.1. The van der Waals surface area contributed by atoms with Gasteiger partial charge in [0.05, 0.1) is 6.42 Å². The minimum atomic E-state index is -1.04. The van der Waals surface area contributed by atoms with Gasteiger partial charge in [-0.15, -0.1) is 0 Å². The molecule has 0 bridgehead atoms. The first-order valence-corrected chi connectivity index (χ1v) is 6.18. The van der Waals surface area contributed by atoms with Crippen LogP contribution in [0.1, 0.15) is 18.1 Å². The fourth-order valence-corrected chi connectivity index (χ4v) is 2.13. The molecule has 5 nitrogen and oxygen atoms in total. The number of aromatic nitrogens is 1. The second kappa shape index (κ2) is 5.56. The van der Waals surface area contributed by atoms with Crippen molar-refractivity contribution in [2.45, 2.75) is 19.8 Å². The minimum absolute atomic E-state index is 0.181. The summed E-state index contributed by atoms with van der Waals surface area (Å²) < 4.78 is 0. The van der Waals surface area contributed by atoms with Crippen LogP contribution in [0.2, 0.25) is 0 Å². The summed E-state index contributed by atoms with van der Waals surface area (Å²) in [6, 6.07) is 5.98. The monoisotopic (exact) mass is 260 g/mol. The van der Waals surface area contributed by atoms with E-state index < -0.39 is 5.97 Å².